The molecule has 2 rings (SSSR count). The first kappa shape index (κ1) is 12.9. The van der Waals surface area contributed by atoms with Gasteiger partial charge in [0.25, 0.3) is 0 Å². The van der Waals surface area contributed by atoms with Crippen LogP contribution < -0.4 is 5.32 Å². The SMILES string of the molecule is Fc1ccc(Br)cc1NC1CCCCCCC1. The van der Waals surface area contributed by atoms with Crippen LogP contribution in [0.2, 0.25) is 0 Å². The van der Waals surface area contributed by atoms with Crippen LogP contribution in [0.15, 0.2) is 22.7 Å². The van der Waals surface area contributed by atoms with E-state index in [9.17, 15) is 4.39 Å². The summed E-state index contributed by atoms with van der Waals surface area (Å²) in [6.07, 6.45) is 8.83. The molecule has 0 unspecified atom stereocenters. The van der Waals surface area contributed by atoms with Crippen LogP contribution in [-0.2, 0) is 0 Å². The van der Waals surface area contributed by atoms with Gasteiger partial charge < -0.3 is 5.32 Å². The molecule has 0 aliphatic heterocycles. The Kier molecular flexibility index (Phi) is 4.84. The molecular formula is C14H19BrFN. The summed E-state index contributed by atoms with van der Waals surface area (Å²) >= 11 is 3.38. The number of halogens is 2. The summed E-state index contributed by atoms with van der Waals surface area (Å²) in [4.78, 5) is 0. The van der Waals surface area contributed by atoms with Crippen LogP contribution in [0, 0.1) is 5.82 Å². The molecule has 0 saturated heterocycles. The van der Waals surface area contributed by atoms with Gasteiger partial charge in [0.05, 0.1) is 5.69 Å². The predicted molar refractivity (Wildman–Crippen MR) is 73.8 cm³/mol. The molecule has 0 aromatic heterocycles. The third-order valence-corrected chi connectivity index (χ3v) is 3.89. The van der Waals surface area contributed by atoms with Crippen molar-refractivity contribution in [3.05, 3.63) is 28.5 Å². The molecule has 17 heavy (non-hydrogen) atoms. The van der Waals surface area contributed by atoms with Gasteiger partial charge in [0.2, 0.25) is 0 Å². The maximum atomic E-state index is 13.6. The number of nitrogens with one attached hydrogen (secondary N) is 1. The molecule has 1 aromatic rings. The van der Waals surface area contributed by atoms with Gasteiger partial charge in [-0.15, -0.1) is 0 Å². The van der Waals surface area contributed by atoms with Crippen molar-refractivity contribution < 1.29 is 4.39 Å². The van der Waals surface area contributed by atoms with Crippen LogP contribution in [0.3, 0.4) is 0 Å². The minimum Gasteiger partial charge on any atom is -0.380 e. The van der Waals surface area contributed by atoms with Crippen molar-refractivity contribution >= 4 is 21.6 Å². The number of hydrogen-bond acceptors (Lipinski definition) is 1. The second-order valence-electron chi connectivity index (χ2n) is 4.81. The summed E-state index contributed by atoms with van der Waals surface area (Å²) in [5.74, 6) is -0.157. The summed E-state index contributed by atoms with van der Waals surface area (Å²) < 4.78 is 14.5. The fourth-order valence-electron chi connectivity index (χ4n) is 2.43. The van der Waals surface area contributed by atoms with E-state index >= 15 is 0 Å². The van der Waals surface area contributed by atoms with Gasteiger partial charge in [-0.05, 0) is 31.0 Å². The second kappa shape index (κ2) is 6.39. The highest BCUT2D eigenvalue weighted by atomic mass is 79.9. The first-order valence-electron chi connectivity index (χ1n) is 6.47. The molecule has 0 radical (unpaired) electrons. The van der Waals surface area contributed by atoms with Crippen LogP contribution in [0.25, 0.3) is 0 Å². The molecule has 1 saturated carbocycles. The molecule has 94 valence electrons. The predicted octanol–water partition coefficient (Wildman–Crippen LogP) is 5.11. The second-order valence-corrected chi connectivity index (χ2v) is 5.73. The Balaban J connectivity index is 2.00. The highest BCUT2D eigenvalue weighted by Crippen LogP contribution is 2.24. The van der Waals surface area contributed by atoms with Gasteiger partial charge in [-0.1, -0.05) is 48.0 Å². The zero-order valence-electron chi connectivity index (χ0n) is 10.0. The highest BCUT2D eigenvalue weighted by Gasteiger charge is 2.13. The lowest BCUT2D eigenvalue weighted by Crippen LogP contribution is -2.21. The summed E-state index contributed by atoms with van der Waals surface area (Å²) in [7, 11) is 0. The lowest BCUT2D eigenvalue weighted by Gasteiger charge is -2.22. The van der Waals surface area contributed by atoms with Crippen LogP contribution in [0.1, 0.15) is 44.9 Å². The van der Waals surface area contributed by atoms with Gasteiger partial charge in [0.1, 0.15) is 5.82 Å². The highest BCUT2D eigenvalue weighted by molar-refractivity contribution is 9.10. The van der Waals surface area contributed by atoms with Crippen molar-refractivity contribution in [2.24, 2.45) is 0 Å². The maximum Gasteiger partial charge on any atom is 0.146 e. The third-order valence-electron chi connectivity index (χ3n) is 3.39. The number of benzene rings is 1. The van der Waals surface area contributed by atoms with E-state index in [1.54, 1.807) is 6.07 Å². The summed E-state index contributed by atoms with van der Waals surface area (Å²) in [5, 5.41) is 3.35. The van der Waals surface area contributed by atoms with E-state index in [2.05, 4.69) is 21.2 Å². The van der Waals surface area contributed by atoms with E-state index in [1.807, 2.05) is 6.07 Å². The molecule has 3 heteroatoms. The van der Waals surface area contributed by atoms with Crippen LogP contribution in [-0.4, -0.2) is 6.04 Å². The Morgan fingerprint density at radius 3 is 2.41 bits per heavy atom. The molecule has 0 bridgehead atoms. The summed E-state index contributed by atoms with van der Waals surface area (Å²) in [6, 6.07) is 5.50. The Morgan fingerprint density at radius 2 is 1.71 bits per heavy atom. The zero-order chi connectivity index (χ0) is 12.1. The molecule has 1 aliphatic carbocycles. The lowest BCUT2D eigenvalue weighted by atomic mass is 9.96. The average Bonchev–Trinajstić information content (AvgIpc) is 2.27. The van der Waals surface area contributed by atoms with E-state index < -0.39 is 0 Å². The molecule has 0 spiro atoms. The first-order valence-corrected chi connectivity index (χ1v) is 7.26. The molecule has 1 fully saturated rings. The molecule has 1 aromatic carbocycles. The van der Waals surface area contributed by atoms with E-state index in [-0.39, 0.29) is 5.82 Å². The molecule has 0 amide bonds. The minimum atomic E-state index is -0.157. The van der Waals surface area contributed by atoms with E-state index in [1.165, 1.54) is 38.2 Å². The van der Waals surface area contributed by atoms with Crippen molar-refractivity contribution in [1.82, 2.24) is 0 Å². The van der Waals surface area contributed by atoms with Gasteiger partial charge in [-0.3, -0.25) is 0 Å². The number of anilines is 1. The van der Waals surface area contributed by atoms with Gasteiger partial charge in [0.15, 0.2) is 0 Å². The maximum absolute atomic E-state index is 13.6. The monoisotopic (exact) mass is 299 g/mol. The van der Waals surface area contributed by atoms with Crippen LogP contribution >= 0.6 is 15.9 Å². The van der Waals surface area contributed by atoms with Gasteiger partial charge in [-0.25, -0.2) is 4.39 Å². The Hall–Kier alpha value is -0.570. The van der Waals surface area contributed by atoms with Gasteiger partial charge in [-0.2, -0.15) is 0 Å². The quantitative estimate of drug-likeness (QED) is 0.800. The van der Waals surface area contributed by atoms with Crippen LogP contribution in [0.5, 0.6) is 0 Å². The van der Waals surface area contributed by atoms with E-state index in [4.69, 9.17) is 0 Å². The standard InChI is InChI=1S/C14H19BrFN/c15-11-8-9-13(16)14(10-11)17-12-6-4-2-1-3-5-7-12/h8-10,12,17H,1-7H2. The summed E-state index contributed by atoms with van der Waals surface area (Å²) in [5.41, 5.74) is 0.630. The number of hydrogen-bond donors (Lipinski definition) is 1. The topological polar surface area (TPSA) is 12.0 Å². The Morgan fingerprint density at radius 1 is 1.06 bits per heavy atom. The minimum absolute atomic E-state index is 0.157. The van der Waals surface area contributed by atoms with Gasteiger partial charge in [0, 0.05) is 10.5 Å². The normalized spacial score (nSPS) is 18.5. The molecule has 0 atom stereocenters. The smallest absolute Gasteiger partial charge is 0.146 e. The fourth-order valence-corrected chi connectivity index (χ4v) is 2.79. The Labute approximate surface area is 111 Å². The van der Waals surface area contributed by atoms with Crippen molar-refractivity contribution in [3.63, 3.8) is 0 Å². The molecule has 1 nitrogen and oxygen atoms in total. The third kappa shape index (κ3) is 3.98. The summed E-state index contributed by atoms with van der Waals surface area (Å²) in [6.45, 7) is 0. The molecule has 1 aliphatic rings. The zero-order valence-corrected chi connectivity index (χ0v) is 11.6. The largest absolute Gasteiger partial charge is 0.380 e. The average molecular weight is 300 g/mol. The van der Waals surface area contributed by atoms with Crippen molar-refractivity contribution in [2.75, 3.05) is 5.32 Å². The first-order chi connectivity index (χ1) is 8.25. The molecule has 0 heterocycles. The van der Waals surface area contributed by atoms with E-state index in [0.29, 0.717) is 11.7 Å². The van der Waals surface area contributed by atoms with Crippen molar-refractivity contribution in [3.8, 4) is 0 Å². The van der Waals surface area contributed by atoms with Crippen molar-refractivity contribution in [2.45, 2.75) is 51.0 Å². The Bertz CT molecular complexity index is 359. The van der Waals surface area contributed by atoms with Gasteiger partial charge >= 0.3 is 0 Å². The van der Waals surface area contributed by atoms with E-state index in [0.717, 1.165) is 17.3 Å². The van der Waals surface area contributed by atoms with Crippen molar-refractivity contribution in [1.29, 1.82) is 0 Å². The number of rotatable bonds is 2. The van der Waals surface area contributed by atoms with Crippen LogP contribution in [0.4, 0.5) is 10.1 Å². The molecular weight excluding hydrogens is 281 g/mol. The fraction of sp³-hybridized carbons (Fsp3) is 0.571. The molecule has 1 N–H and O–H groups in total. The lowest BCUT2D eigenvalue weighted by molar-refractivity contribution is 0.469.